The van der Waals surface area contributed by atoms with Crippen LogP contribution in [-0.2, 0) is 10.3 Å². The number of benzene rings is 4. The van der Waals surface area contributed by atoms with Crippen molar-refractivity contribution >= 4 is 17.3 Å². The minimum absolute atomic E-state index is 0.160. The van der Waals surface area contributed by atoms with Crippen LogP contribution in [0.1, 0.15) is 111 Å². The SMILES string of the molecule is CCCCN(c1ccc2c(c1)Oc1cc(C)c(N(CCCC)C(C)c3ccccc3)cc1C21OC(=O)c2ccccc21)C(C)CC. The first-order valence-electron chi connectivity index (χ1n) is 17.2. The molecule has 2 aliphatic heterocycles. The van der Waals surface area contributed by atoms with Gasteiger partial charge in [-0.25, -0.2) is 4.79 Å². The summed E-state index contributed by atoms with van der Waals surface area (Å²) in [6.45, 7) is 15.3. The van der Waals surface area contributed by atoms with Crippen LogP contribution in [0.5, 0.6) is 11.5 Å². The van der Waals surface area contributed by atoms with Gasteiger partial charge in [0.1, 0.15) is 11.5 Å². The van der Waals surface area contributed by atoms with E-state index in [-0.39, 0.29) is 12.0 Å². The molecule has 6 rings (SSSR count). The highest BCUT2D eigenvalue weighted by atomic mass is 16.6. The molecule has 5 nitrogen and oxygen atoms in total. The lowest BCUT2D eigenvalue weighted by atomic mass is 9.77. The van der Waals surface area contributed by atoms with Gasteiger partial charge < -0.3 is 19.3 Å². The number of nitrogens with zero attached hydrogens (tertiary/aromatic N) is 2. The number of hydrogen-bond donors (Lipinski definition) is 0. The Hall–Kier alpha value is -4.25. The van der Waals surface area contributed by atoms with Crippen LogP contribution >= 0.6 is 0 Å². The summed E-state index contributed by atoms with van der Waals surface area (Å²) in [5.41, 5.74) is 6.79. The molecule has 2 heterocycles. The Morgan fingerprint density at radius 3 is 2.13 bits per heavy atom. The van der Waals surface area contributed by atoms with E-state index in [1.807, 2.05) is 24.3 Å². The van der Waals surface area contributed by atoms with Gasteiger partial charge in [-0.15, -0.1) is 0 Å². The Morgan fingerprint density at radius 1 is 0.739 bits per heavy atom. The lowest BCUT2D eigenvalue weighted by Gasteiger charge is -2.40. The molecule has 0 radical (unpaired) electrons. The van der Waals surface area contributed by atoms with Crippen molar-refractivity contribution in [2.24, 2.45) is 0 Å². The zero-order chi connectivity index (χ0) is 32.4. The Bertz CT molecular complexity index is 1700. The first-order chi connectivity index (χ1) is 22.3. The van der Waals surface area contributed by atoms with Crippen LogP contribution in [0.3, 0.4) is 0 Å². The molecule has 0 amide bonds. The van der Waals surface area contributed by atoms with Gasteiger partial charge in [-0.3, -0.25) is 0 Å². The number of carbonyl (C=O) groups is 1. The fraction of sp³-hybridized carbons (Fsp3) is 0.390. The molecule has 2 aliphatic rings. The van der Waals surface area contributed by atoms with Crippen molar-refractivity contribution in [3.8, 4) is 11.5 Å². The molecule has 1 spiro atoms. The third kappa shape index (κ3) is 5.44. The van der Waals surface area contributed by atoms with Gasteiger partial charge in [-0.05, 0) is 81.5 Å². The van der Waals surface area contributed by atoms with Crippen LogP contribution in [0.4, 0.5) is 11.4 Å². The largest absolute Gasteiger partial charge is 0.456 e. The molecular formula is C41H48N2O3. The van der Waals surface area contributed by atoms with Gasteiger partial charge in [0, 0.05) is 53.3 Å². The van der Waals surface area contributed by atoms with Crippen molar-refractivity contribution in [2.45, 2.75) is 91.3 Å². The van der Waals surface area contributed by atoms with Crippen LogP contribution < -0.4 is 14.5 Å². The maximum atomic E-state index is 13.6. The zero-order valence-electron chi connectivity index (χ0n) is 28.3. The maximum Gasteiger partial charge on any atom is 0.340 e. The van der Waals surface area contributed by atoms with Crippen molar-refractivity contribution in [1.82, 2.24) is 0 Å². The number of aryl methyl sites for hydroxylation is 1. The fourth-order valence-electron chi connectivity index (χ4n) is 7.20. The molecule has 3 atom stereocenters. The Kier molecular flexibility index (Phi) is 9.13. The van der Waals surface area contributed by atoms with Gasteiger partial charge >= 0.3 is 5.97 Å². The number of esters is 1. The van der Waals surface area contributed by atoms with E-state index in [4.69, 9.17) is 9.47 Å². The van der Waals surface area contributed by atoms with E-state index >= 15 is 0 Å². The third-order valence-corrected chi connectivity index (χ3v) is 10.0. The molecule has 46 heavy (non-hydrogen) atoms. The third-order valence-electron chi connectivity index (χ3n) is 10.0. The summed E-state index contributed by atoms with van der Waals surface area (Å²) in [6.07, 6.45) is 5.48. The Balaban J connectivity index is 1.54. The zero-order valence-corrected chi connectivity index (χ0v) is 28.3. The Labute approximate surface area is 275 Å². The van der Waals surface area contributed by atoms with Gasteiger partial charge in [0.25, 0.3) is 0 Å². The molecule has 0 bridgehead atoms. The first-order valence-corrected chi connectivity index (χ1v) is 17.2. The maximum absolute atomic E-state index is 13.6. The van der Waals surface area contributed by atoms with Gasteiger partial charge in [0.15, 0.2) is 5.60 Å². The van der Waals surface area contributed by atoms with Crippen LogP contribution in [0.2, 0.25) is 0 Å². The number of unbranched alkanes of at least 4 members (excludes halogenated alkanes) is 2. The summed E-state index contributed by atoms with van der Waals surface area (Å²) in [5.74, 6) is 1.18. The van der Waals surface area contributed by atoms with Crippen molar-refractivity contribution in [2.75, 3.05) is 22.9 Å². The predicted molar refractivity (Wildman–Crippen MR) is 189 cm³/mol. The number of fused-ring (bicyclic) bond motifs is 6. The first kappa shape index (κ1) is 31.7. The molecule has 240 valence electrons. The highest BCUT2D eigenvalue weighted by Crippen LogP contribution is 2.57. The lowest BCUT2D eigenvalue weighted by molar-refractivity contribution is 0.0224. The standard InChI is InChI=1S/C41H48N2O3/c1-7-10-23-42(29(5)9-3)32-21-22-35-39(26-32)45-38-25-28(4)37(43(24-11-8-2)30(6)31-17-13-12-14-18-31)27-36(38)41(35)34-20-16-15-19-33(34)40(44)46-41/h12-22,25-27,29-30H,7-11,23-24H2,1-6H3. The topological polar surface area (TPSA) is 42.0 Å². The molecule has 0 N–H and O–H groups in total. The molecular weight excluding hydrogens is 568 g/mol. The predicted octanol–water partition coefficient (Wildman–Crippen LogP) is 10.3. The molecule has 4 aromatic carbocycles. The summed E-state index contributed by atoms with van der Waals surface area (Å²) in [7, 11) is 0. The summed E-state index contributed by atoms with van der Waals surface area (Å²) in [4.78, 5) is 18.6. The Morgan fingerprint density at radius 2 is 1.41 bits per heavy atom. The minimum atomic E-state index is -1.10. The van der Waals surface area contributed by atoms with Crippen LogP contribution in [0.25, 0.3) is 0 Å². The highest BCUT2D eigenvalue weighted by molar-refractivity contribution is 5.97. The number of rotatable bonds is 12. The second-order valence-corrected chi connectivity index (χ2v) is 13.0. The minimum Gasteiger partial charge on any atom is -0.456 e. The molecule has 5 heteroatoms. The van der Waals surface area contributed by atoms with E-state index in [1.54, 1.807) is 0 Å². The number of anilines is 2. The van der Waals surface area contributed by atoms with Crippen molar-refractivity contribution < 1.29 is 14.3 Å². The van der Waals surface area contributed by atoms with Crippen LogP contribution in [-0.4, -0.2) is 25.1 Å². The molecule has 3 unspecified atom stereocenters. The van der Waals surface area contributed by atoms with Crippen molar-refractivity contribution in [3.63, 3.8) is 0 Å². The van der Waals surface area contributed by atoms with Crippen LogP contribution in [0.15, 0.2) is 84.9 Å². The lowest BCUT2D eigenvalue weighted by Crippen LogP contribution is -2.36. The quantitative estimate of drug-likeness (QED) is 0.148. The smallest absolute Gasteiger partial charge is 0.340 e. The molecule has 0 fully saturated rings. The van der Waals surface area contributed by atoms with Gasteiger partial charge in [-0.1, -0.05) is 82.1 Å². The van der Waals surface area contributed by atoms with Crippen molar-refractivity contribution in [1.29, 1.82) is 0 Å². The molecule has 0 aromatic heterocycles. The second-order valence-electron chi connectivity index (χ2n) is 13.0. The van der Waals surface area contributed by atoms with E-state index in [1.165, 1.54) is 5.56 Å². The van der Waals surface area contributed by atoms with E-state index in [9.17, 15) is 4.79 Å². The number of ether oxygens (including phenoxy) is 2. The van der Waals surface area contributed by atoms with Gasteiger partial charge in [0.2, 0.25) is 0 Å². The summed E-state index contributed by atoms with van der Waals surface area (Å²) in [5, 5.41) is 0. The van der Waals surface area contributed by atoms with Crippen LogP contribution in [0, 0.1) is 6.92 Å². The molecule has 0 saturated heterocycles. The monoisotopic (exact) mass is 616 g/mol. The molecule has 4 aromatic rings. The van der Waals surface area contributed by atoms with E-state index in [2.05, 4.69) is 112 Å². The summed E-state index contributed by atoms with van der Waals surface area (Å²) < 4.78 is 13.4. The summed E-state index contributed by atoms with van der Waals surface area (Å²) in [6, 6.07) is 29.9. The van der Waals surface area contributed by atoms with E-state index in [0.29, 0.717) is 11.6 Å². The molecule has 0 aliphatic carbocycles. The summed E-state index contributed by atoms with van der Waals surface area (Å²) >= 11 is 0. The second kappa shape index (κ2) is 13.2. The van der Waals surface area contributed by atoms with E-state index < -0.39 is 5.60 Å². The average Bonchev–Trinajstić information content (AvgIpc) is 3.37. The van der Waals surface area contributed by atoms with Gasteiger partial charge in [-0.2, -0.15) is 0 Å². The average molecular weight is 617 g/mol. The van der Waals surface area contributed by atoms with E-state index in [0.717, 1.165) is 90.3 Å². The number of hydrogen-bond acceptors (Lipinski definition) is 5. The van der Waals surface area contributed by atoms with Crippen molar-refractivity contribution in [3.05, 3.63) is 118 Å². The highest BCUT2D eigenvalue weighted by Gasteiger charge is 2.54. The fourth-order valence-corrected chi connectivity index (χ4v) is 7.20. The van der Waals surface area contributed by atoms with Gasteiger partial charge in [0.05, 0.1) is 11.6 Å². The number of carbonyl (C=O) groups excluding carboxylic acids is 1. The normalized spacial score (nSPS) is 17.4. The molecule has 0 saturated carbocycles.